The lowest BCUT2D eigenvalue weighted by Gasteiger charge is -2.06. The van der Waals surface area contributed by atoms with Crippen molar-refractivity contribution in [3.8, 4) is 0 Å². The molecule has 0 saturated carbocycles. The molecule has 0 aliphatic carbocycles. The zero-order valence-electron chi connectivity index (χ0n) is 13.7. The van der Waals surface area contributed by atoms with Crippen LogP contribution in [-0.4, -0.2) is 21.1 Å². The van der Waals surface area contributed by atoms with Gasteiger partial charge in [0, 0.05) is 28.9 Å². The van der Waals surface area contributed by atoms with E-state index in [0.717, 1.165) is 39.4 Å². The van der Waals surface area contributed by atoms with Crippen LogP contribution in [-0.2, 0) is 6.54 Å². The van der Waals surface area contributed by atoms with Gasteiger partial charge in [0.15, 0.2) is 5.78 Å². The molecule has 0 radical (unpaired) electrons. The molecule has 3 aromatic rings. The number of benzene rings is 1. The number of hydrogen-bond donors (Lipinski definition) is 0. The maximum atomic E-state index is 12.5. The first kappa shape index (κ1) is 15.8. The molecule has 2 aromatic heterocycles. The van der Waals surface area contributed by atoms with E-state index in [-0.39, 0.29) is 5.78 Å². The van der Waals surface area contributed by atoms with Gasteiger partial charge < -0.3 is 4.57 Å². The SMILES string of the molecule is CCn1c(C)cc(C(=O)CSc2ccc3ccccc3n2)c1C. The largest absolute Gasteiger partial charge is 0.349 e. The van der Waals surface area contributed by atoms with Gasteiger partial charge in [-0.05, 0) is 39.0 Å². The van der Waals surface area contributed by atoms with Crippen LogP contribution in [0.1, 0.15) is 28.7 Å². The van der Waals surface area contributed by atoms with E-state index in [1.54, 1.807) is 0 Å². The average molecular weight is 324 g/mol. The minimum atomic E-state index is 0.165. The summed E-state index contributed by atoms with van der Waals surface area (Å²) in [6.45, 7) is 7.06. The molecule has 0 aliphatic heterocycles. The van der Waals surface area contributed by atoms with Crippen LogP contribution < -0.4 is 0 Å². The van der Waals surface area contributed by atoms with Crippen molar-refractivity contribution in [1.29, 1.82) is 0 Å². The summed E-state index contributed by atoms with van der Waals surface area (Å²) in [4.78, 5) is 17.1. The number of para-hydroxylation sites is 1. The topological polar surface area (TPSA) is 34.9 Å². The molecule has 1 aromatic carbocycles. The molecule has 118 valence electrons. The minimum Gasteiger partial charge on any atom is -0.349 e. The number of Topliss-reactive ketones (excluding diaryl/α,β-unsaturated/α-hetero) is 1. The maximum Gasteiger partial charge on any atom is 0.174 e. The Bertz CT molecular complexity index is 867. The number of aromatic nitrogens is 2. The second kappa shape index (κ2) is 6.59. The first-order valence-electron chi connectivity index (χ1n) is 7.78. The van der Waals surface area contributed by atoms with Crippen molar-refractivity contribution in [2.24, 2.45) is 0 Å². The first-order valence-corrected chi connectivity index (χ1v) is 8.77. The number of fused-ring (bicyclic) bond motifs is 1. The molecule has 0 bridgehead atoms. The molecule has 3 rings (SSSR count). The van der Waals surface area contributed by atoms with Crippen molar-refractivity contribution in [2.75, 3.05) is 5.75 Å². The van der Waals surface area contributed by atoms with Crippen LogP contribution in [0, 0.1) is 13.8 Å². The van der Waals surface area contributed by atoms with Crippen molar-refractivity contribution < 1.29 is 4.79 Å². The second-order valence-corrected chi connectivity index (χ2v) is 6.58. The molecule has 3 nitrogen and oxygen atoms in total. The molecule has 0 saturated heterocycles. The Kier molecular flexibility index (Phi) is 4.53. The Labute approximate surface area is 140 Å². The standard InChI is InChI=1S/C19H20N2OS/c1-4-21-13(2)11-16(14(21)3)18(22)12-23-19-10-9-15-7-5-6-8-17(15)20-19/h5-11H,4,12H2,1-3H3. The van der Waals surface area contributed by atoms with E-state index in [1.165, 1.54) is 11.8 Å². The Balaban J connectivity index is 1.75. The van der Waals surface area contributed by atoms with E-state index >= 15 is 0 Å². The lowest BCUT2D eigenvalue weighted by molar-refractivity contribution is 0.102. The summed E-state index contributed by atoms with van der Waals surface area (Å²) in [7, 11) is 0. The zero-order valence-corrected chi connectivity index (χ0v) is 14.5. The van der Waals surface area contributed by atoms with E-state index in [0.29, 0.717) is 5.75 Å². The number of rotatable bonds is 5. The number of nitrogens with zero attached hydrogens (tertiary/aromatic N) is 2. The molecule has 0 atom stereocenters. The summed E-state index contributed by atoms with van der Waals surface area (Å²) in [6, 6.07) is 14.1. The lowest BCUT2D eigenvalue weighted by atomic mass is 10.2. The monoisotopic (exact) mass is 324 g/mol. The molecule has 4 heteroatoms. The molecule has 0 unspecified atom stereocenters. The fourth-order valence-corrected chi connectivity index (χ4v) is 3.68. The highest BCUT2D eigenvalue weighted by Crippen LogP contribution is 2.23. The summed E-state index contributed by atoms with van der Waals surface area (Å²) in [5.74, 6) is 0.581. The molecular weight excluding hydrogens is 304 g/mol. The Morgan fingerprint density at radius 1 is 1.17 bits per heavy atom. The van der Waals surface area contributed by atoms with E-state index in [9.17, 15) is 4.79 Å². The van der Waals surface area contributed by atoms with Gasteiger partial charge in [0.1, 0.15) is 0 Å². The molecule has 0 spiro atoms. The third-order valence-corrected chi connectivity index (χ3v) is 5.04. The Hall–Kier alpha value is -2.07. The maximum absolute atomic E-state index is 12.5. The molecule has 23 heavy (non-hydrogen) atoms. The molecule has 0 fully saturated rings. The fourth-order valence-electron chi connectivity index (χ4n) is 2.91. The highest BCUT2D eigenvalue weighted by atomic mass is 32.2. The first-order chi connectivity index (χ1) is 11.1. The van der Waals surface area contributed by atoms with Crippen LogP contribution in [0.15, 0.2) is 47.5 Å². The fraction of sp³-hybridized carbons (Fsp3) is 0.263. The van der Waals surface area contributed by atoms with Gasteiger partial charge in [0.25, 0.3) is 0 Å². The normalized spacial score (nSPS) is 11.1. The predicted octanol–water partition coefficient (Wildman–Crippen LogP) is 4.65. The van der Waals surface area contributed by atoms with Gasteiger partial charge in [0.05, 0.1) is 16.3 Å². The van der Waals surface area contributed by atoms with E-state index in [2.05, 4.69) is 22.5 Å². The van der Waals surface area contributed by atoms with Gasteiger partial charge in [-0.15, -0.1) is 0 Å². The van der Waals surface area contributed by atoms with Gasteiger partial charge >= 0.3 is 0 Å². The van der Waals surface area contributed by atoms with Crippen molar-refractivity contribution >= 4 is 28.4 Å². The number of aryl methyl sites for hydroxylation is 1. The predicted molar refractivity (Wildman–Crippen MR) is 96.4 cm³/mol. The zero-order chi connectivity index (χ0) is 16.4. The van der Waals surface area contributed by atoms with Gasteiger partial charge in [-0.25, -0.2) is 4.98 Å². The molecule has 0 N–H and O–H groups in total. The van der Waals surface area contributed by atoms with Crippen LogP contribution in [0.5, 0.6) is 0 Å². The van der Waals surface area contributed by atoms with Crippen LogP contribution in [0.25, 0.3) is 10.9 Å². The highest BCUT2D eigenvalue weighted by molar-refractivity contribution is 7.99. The van der Waals surface area contributed by atoms with E-state index < -0.39 is 0 Å². The number of hydrogen-bond acceptors (Lipinski definition) is 3. The molecule has 0 aliphatic rings. The summed E-state index contributed by atoms with van der Waals surface area (Å²) < 4.78 is 2.17. The summed E-state index contributed by atoms with van der Waals surface area (Å²) in [6.07, 6.45) is 0. The van der Waals surface area contributed by atoms with Crippen LogP contribution >= 0.6 is 11.8 Å². The van der Waals surface area contributed by atoms with Crippen LogP contribution in [0.4, 0.5) is 0 Å². The summed E-state index contributed by atoms with van der Waals surface area (Å²) >= 11 is 1.50. The van der Waals surface area contributed by atoms with E-state index in [4.69, 9.17) is 0 Å². The number of carbonyl (C=O) groups is 1. The quantitative estimate of drug-likeness (QED) is 0.506. The third-order valence-electron chi connectivity index (χ3n) is 4.11. The van der Waals surface area contributed by atoms with Crippen molar-refractivity contribution in [3.05, 3.63) is 59.4 Å². The third kappa shape index (κ3) is 3.17. The number of ketones is 1. The summed E-state index contributed by atoms with van der Waals surface area (Å²) in [5, 5.41) is 2.01. The number of pyridine rings is 1. The van der Waals surface area contributed by atoms with Gasteiger partial charge in [-0.1, -0.05) is 36.0 Å². The average Bonchev–Trinajstić information content (AvgIpc) is 2.86. The molecule has 0 amide bonds. The van der Waals surface area contributed by atoms with E-state index in [1.807, 2.05) is 50.2 Å². The van der Waals surface area contributed by atoms with Crippen LogP contribution in [0.3, 0.4) is 0 Å². The number of carbonyl (C=O) groups excluding carboxylic acids is 1. The molecule has 2 heterocycles. The smallest absolute Gasteiger partial charge is 0.174 e. The lowest BCUT2D eigenvalue weighted by Crippen LogP contribution is -2.06. The Morgan fingerprint density at radius 2 is 1.96 bits per heavy atom. The minimum absolute atomic E-state index is 0.165. The van der Waals surface area contributed by atoms with Crippen LogP contribution in [0.2, 0.25) is 0 Å². The summed E-state index contributed by atoms with van der Waals surface area (Å²) in [5.41, 5.74) is 4.00. The van der Waals surface area contributed by atoms with Crippen molar-refractivity contribution in [2.45, 2.75) is 32.3 Å². The second-order valence-electron chi connectivity index (χ2n) is 5.58. The number of thioether (sulfide) groups is 1. The van der Waals surface area contributed by atoms with Gasteiger partial charge in [-0.3, -0.25) is 4.79 Å². The van der Waals surface area contributed by atoms with Gasteiger partial charge in [0.2, 0.25) is 0 Å². The van der Waals surface area contributed by atoms with Crippen molar-refractivity contribution in [3.63, 3.8) is 0 Å². The van der Waals surface area contributed by atoms with Gasteiger partial charge in [-0.2, -0.15) is 0 Å². The highest BCUT2D eigenvalue weighted by Gasteiger charge is 2.15. The van der Waals surface area contributed by atoms with Crippen molar-refractivity contribution in [1.82, 2.24) is 9.55 Å². The Morgan fingerprint density at radius 3 is 2.70 bits per heavy atom. The molecular formula is C19H20N2OS.